The third-order valence-electron chi connectivity index (χ3n) is 2.77. The monoisotopic (exact) mass is 493 g/mol. The van der Waals surface area contributed by atoms with Gasteiger partial charge in [0, 0.05) is 8.04 Å². The van der Waals surface area contributed by atoms with Crippen LogP contribution in [0.1, 0.15) is 5.56 Å². The van der Waals surface area contributed by atoms with E-state index < -0.39 is 21.5 Å². The molecule has 0 bridgehead atoms. The molecule has 0 saturated carbocycles. The Morgan fingerprint density at radius 2 is 1.86 bits per heavy atom. The van der Waals surface area contributed by atoms with Gasteiger partial charge >= 0.3 is 0 Å². The number of carbonyl (C=O) groups is 1. The Bertz CT molecular complexity index is 793. The van der Waals surface area contributed by atoms with Crippen LogP contribution >= 0.6 is 38.5 Å². The molecule has 0 unspecified atom stereocenters. The lowest BCUT2D eigenvalue weighted by molar-refractivity contribution is -0.113. The molecule has 0 atom stereocenters. The molecule has 0 radical (unpaired) electrons. The first-order chi connectivity index (χ1) is 10.4. The minimum absolute atomic E-state index is 0.161. The molecular formula is C15H13BrINO3S. The van der Waals surface area contributed by atoms with E-state index in [2.05, 4.69) is 43.8 Å². The van der Waals surface area contributed by atoms with Crippen LogP contribution in [-0.2, 0) is 20.4 Å². The van der Waals surface area contributed by atoms with Crippen LogP contribution in [0.3, 0.4) is 0 Å². The fraction of sp³-hybridized carbons (Fsp3) is 0.133. The highest BCUT2D eigenvalue weighted by Gasteiger charge is 2.18. The average molecular weight is 494 g/mol. The smallest absolute Gasteiger partial charge is 0.239 e. The third-order valence-corrected chi connectivity index (χ3v) is 5.68. The summed E-state index contributed by atoms with van der Waals surface area (Å²) in [6.07, 6.45) is 0. The molecule has 0 aliphatic carbocycles. The maximum Gasteiger partial charge on any atom is 0.239 e. The van der Waals surface area contributed by atoms with Gasteiger partial charge in [0.1, 0.15) is 5.75 Å². The number of rotatable bonds is 5. The van der Waals surface area contributed by atoms with Crippen molar-refractivity contribution in [3.63, 3.8) is 0 Å². The number of anilines is 1. The Hall–Kier alpha value is -0.930. The Morgan fingerprint density at radius 1 is 1.14 bits per heavy atom. The van der Waals surface area contributed by atoms with Crippen molar-refractivity contribution in [1.82, 2.24) is 0 Å². The highest BCUT2D eigenvalue weighted by Crippen LogP contribution is 2.18. The first kappa shape index (κ1) is 17.4. The molecule has 0 spiro atoms. The molecule has 116 valence electrons. The predicted octanol–water partition coefficient (Wildman–Crippen LogP) is 3.61. The van der Waals surface area contributed by atoms with Gasteiger partial charge in [0.15, 0.2) is 9.84 Å². The minimum Gasteiger partial charge on any atom is -0.324 e. The first-order valence-corrected chi connectivity index (χ1v) is 10.0. The van der Waals surface area contributed by atoms with Crippen molar-refractivity contribution in [1.29, 1.82) is 0 Å². The van der Waals surface area contributed by atoms with E-state index in [4.69, 9.17) is 0 Å². The van der Waals surface area contributed by atoms with Crippen LogP contribution in [-0.4, -0.2) is 20.1 Å². The number of nitrogens with one attached hydrogen (secondary N) is 1. The number of amides is 1. The van der Waals surface area contributed by atoms with E-state index in [1.54, 1.807) is 30.3 Å². The molecule has 0 aliphatic rings. The molecule has 7 heteroatoms. The van der Waals surface area contributed by atoms with Crippen molar-refractivity contribution in [3.05, 3.63) is 62.1 Å². The third kappa shape index (κ3) is 5.36. The Labute approximate surface area is 151 Å². The van der Waals surface area contributed by atoms with Gasteiger partial charge in [-0.2, -0.15) is 0 Å². The van der Waals surface area contributed by atoms with Crippen LogP contribution in [0.5, 0.6) is 0 Å². The van der Waals surface area contributed by atoms with E-state index in [-0.39, 0.29) is 5.75 Å². The van der Waals surface area contributed by atoms with Gasteiger partial charge in [-0.1, -0.05) is 40.2 Å². The highest BCUT2D eigenvalue weighted by molar-refractivity contribution is 14.1. The summed E-state index contributed by atoms with van der Waals surface area (Å²) in [6, 6.07) is 14.2. The lowest BCUT2D eigenvalue weighted by Crippen LogP contribution is -2.24. The molecule has 2 aromatic rings. The SMILES string of the molecule is O=C(CS(=O)(=O)Cc1cccc(Br)c1)Nc1ccccc1I. The second kappa shape index (κ2) is 7.56. The van der Waals surface area contributed by atoms with E-state index in [1.807, 2.05) is 18.2 Å². The van der Waals surface area contributed by atoms with Gasteiger partial charge in [-0.15, -0.1) is 0 Å². The molecule has 0 heterocycles. The van der Waals surface area contributed by atoms with Crippen LogP contribution in [0.2, 0.25) is 0 Å². The number of para-hydroxylation sites is 1. The predicted molar refractivity (Wildman–Crippen MR) is 99.4 cm³/mol. The van der Waals surface area contributed by atoms with Crippen molar-refractivity contribution in [2.24, 2.45) is 0 Å². The Morgan fingerprint density at radius 3 is 2.55 bits per heavy atom. The molecule has 0 aliphatic heterocycles. The quantitative estimate of drug-likeness (QED) is 0.647. The van der Waals surface area contributed by atoms with Crippen molar-refractivity contribution in [3.8, 4) is 0 Å². The fourth-order valence-corrected chi connectivity index (χ4v) is 4.11. The van der Waals surface area contributed by atoms with Crippen LogP contribution < -0.4 is 5.32 Å². The highest BCUT2D eigenvalue weighted by atomic mass is 127. The number of sulfone groups is 1. The maximum absolute atomic E-state index is 12.1. The average Bonchev–Trinajstić information content (AvgIpc) is 2.40. The summed E-state index contributed by atoms with van der Waals surface area (Å²) in [7, 11) is -3.52. The summed E-state index contributed by atoms with van der Waals surface area (Å²) in [4.78, 5) is 11.9. The normalized spacial score (nSPS) is 11.2. The van der Waals surface area contributed by atoms with Crippen molar-refractivity contribution in [2.75, 3.05) is 11.1 Å². The molecule has 1 amide bonds. The fourth-order valence-electron chi connectivity index (χ4n) is 1.88. The van der Waals surface area contributed by atoms with Crippen LogP contribution in [0.15, 0.2) is 53.0 Å². The molecule has 2 aromatic carbocycles. The lowest BCUT2D eigenvalue weighted by atomic mass is 10.2. The number of hydrogen-bond acceptors (Lipinski definition) is 3. The number of benzene rings is 2. The zero-order chi connectivity index (χ0) is 16.2. The number of halogens is 2. The van der Waals surface area contributed by atoms with Gasteiger partial charge in [0.05, 0.1) is 11.4 Å². The van der Waals surface area contributed by atoms with Gasteiger partial charge in [-0.25, -0.2) is 8.42 Å². The van der Waals surface area contributed by atoms with E-state index in [9.17, 15) is 13.2 Å². The summed E-state index contributed by atoms with van der Waals surface area (Å²) in [5, 5.41) is 2.63. The molecule has 1 N–H and O–H groups in total. The summed E-state index contributed by atoms with van der Waals surface area (Å²) in [5.41, 5.74) is 1.27. The van der Waals surface area contributed by atoms with Crippen LogP contribution in [0.4, 0.5) is 5.69 Å². The molecule has 22 heavy (non-hydrogen) atoms. The van der Waals surface area contributed by atoms with E-state index in [1.165, 1.54) is 0 Å². The van der Waals surface area contributed by atoms with Crippen LogP contribution in [0.25, 0.3) is 0 Å². The van der Waals surface area contributed by atoms with E-state index in [0.717, 1.165) is 8.04 Å². The summed E-state index contributed by atoms with van der Waals surface area (Å²) in [6.45, 7) is 0. The largest absolute Gasteiger partial charge is 0.324 e. The number of hydrogen-bond donors (Lipinski definition) is 1. The van der Waals surface area contributed by atoms with E-state index >= 15 is 0 Å². The Kier molecular flexibility index (Phi) is 5.99. The second-order valence-corrected chi connectivity index (χ2v) is 8.83. The Balaban J connectivity index is 2.02. The molecule has 0 saturated heterocycles. The minimum atomic E-state index is -3.52. The summed E-state index contributed by atoms with van der Waals surface area (Å²) in [5.74, 6) is -1.23. The molecular weight excluding hydrogens is 481 g/mol. The zero-order valence-electron chi connectivity index (χ0n) is 11.4. The van der Waals surface area contributed by atoms with Gasteiger partial charge < -0.3 is 5.32 Å². The topological polar surface area (TPSA) is 63.2 Å². The van der Waals surface area contributed by atoms with Crippen LogP contribution in [0, 0.1) is 3.57 Å². The maximum atomic E-state index is 12.1. The summed E-state index contributed by atoms with van der Waals surface area (Å²) >= 11 is 5.38. The van der Waals surface area contributed by atoms with Gasteiger partial charge in [0.2, 0.25) is 5.91 Å². The molecule has 4 nitrogen and oxygen atoms in total. The zero-order valence-corrected chi connectivity index (χ0v) is 16.0. The van der Waals surface area contributed by atoms with E-state index in [0.29, 0.717) is 11.3 Å². The molecule has 0 fully saturated rings. The molecule has 2 rings (SSSR count). The summed E-state index contributed by atoms with van der Waals surface area (Å²) < 4.78 is 25.9. The molecule has 0 aromatic heterocycles. The standard InChI is InChI=1S/C15H13BrINO3S/c16-12-5-3-4-11(8-12)9-22(20,21)10-15(19)18-14-7-2-1-6-13(14)17/h1-8H,9-10H2,(H,18,19). The van der Waals surface area contributed by atoms with Gasteiger partial charge in [-0.05, 0) is 52.4 Å². The first-order valence-electron chi connectivity index (χ1n) is 6.35. The van der Waals surface area contributed by atoms with Gasteiger partial charge in [-0.3, -0.25) is 4.79 Å². The van der Waals surface area contributed by atoms with Crippen molar-refractivity contribution in [2.45, 2.75) is 5.75 Å². The lowest BCUT2D eigenvalue weighted by Gasteiger charge is -2.08. The van der Waals surface area contributed by atoms with Gasteiger partial charge in [0.25, 0.3) is 0 Å². The van der Waals surface area contributed by atoms with Crippen molar-refractivity contribution >= 4 is 60.0 Å². The number of carbonyl (C=O) groups excluding carboxylic acids is 1. The van der Waals surface area contributed by atoms with Crippen molar-refractivity contribution < 1.29 is 13.2 Å². The second-order valence-electron chi connectivity index (χ2n) is 4.69.